The number of urea groups is 1. The predicted octanol–water partition coefficient (Wildman–Crippen LogP) is 2.32. The topological polar surface area (TPSA) is 81.8 Å². The van der Waals surface area contributed by atoms with Gasteiger partial charge in [-0.25, -0.2) is 9.69 Å². The lowest BCUT2D eigenvalue weighted by Crippen LogP contribution is -2.44. The van der Waals surface area contributed by atoms with Crippen LogP contribution in [0.4, 0.5) is 16.2 Å². The van der Waals surface area contributed by atoms with Crippen LogP contribution < -0.4 is 15.5 Å². The molecule has 2 aromatic rings. The third-order valence-electron chi connectivity index (χ3n) is 4.78. The molecule has 7 nitrogen and oxygen atoms in total. The molecule has 0 saturated heterocycles. The zero-order valence-electron chi connectivity index (χ0n) is 15.7. The molecule has 2 aliphatic rings. The normalized spacial score (nSPS) is 17.6. The molecule has 0 aliphatic carbocycles. The molecular formula is C21H20N4O3. The fourth-order valence-electron chi connectivity index (χ4n) is 3.42. The molecule has 142 valence electrons. The van der Waals surface area contributed by atoms with Gasteiger partial charge in [-0.3, -0.25) is 9.59 Å². The summed E-state index contributed by atoms with van der Waals surface area (Å²) in [6.07, 6.45) is 0. The Morgan fingerprint density at radius 1 is 1.04 bits per heavy atom. The molecule has 3 amide bonds. The highest BCUT2D eigenvalue weighted by Gasteiger charge is 2.41. The number of carbonyl (C=O) groups is 3. The molecule has 0 atom stereocenters. The van der Waals surface area contributed by atoms with Gasteiger partial charge < -0.3 is 15.5 Å². The highest BCUT2D eigenvalue weighted by atomic mass is 16.2. The van der Waals surface area contributed by atoms with Gasteiger partial charge in [0.05, 0.1) is 11.3 Å². The van der Waals surface area contributed by atoms with E-state index in [0.717, 1.165) is 4.90 Å². The molecule has 4 rings (SSSR count). The van der Waals surface area contributed by atoms with E-state index in [4.69, 9.17) is 0 Å². The van der Waals surface area contributed by atoms with Crippen LogP contribution in [0.25, 0.3) is 5.57 Å². The first-order valence-electron chi connectivity index (χ1n) is 9.00. The van der Waals surface area contributed by atoms with Crippen molar-refractivity contribution in [3.63, 3.8) is 0 Å². The second-order valence-corrected chi connectivity index (χ2v) is 6.94. The molecule has 7 heteroatoms. The van der Waals surface area contributed by atoms with E-state index >= 15 is 0 Å². The number of anilines is 2. The Hall–Kier alpha value is -3.45. The van der Waals surface area contributed by atoms with Crippen LogP contribution in [0.1, 0.15) is 15.9 Å². The molecule has 0 radical (unpaired) electrons. The second kappa shape index (κ2) is 6.94. The third-order valence-corrected chi connectivity index (χ3v) is 4.78. The van der Waals surface area contributed by atoms with E-state index in [0.29, 0.717) is 35.6 Å². The standard InChI is InChI=1S/C21H20N4O3/c1-24(2)12-11-22-21(28)25-16-10-6-4-8-14(16)17(20(25)27)18-19(26)13-7-3-5-9-15(13)23-18/h3-10,23H,11-12H2,1-2H3,(H,22,28)/b18-17-. The van der Waals surface area contributed by atoms with Gasteiger partial charge in [0.2, 0.25) is 5.78 Å². The maximum Gasteiger partial charge on any atom is 0.329 e. The Balaban J connectivity index is 1.73. The van der Waals surface area contributed by atoms with Crippen molar-refractivity contribution in [2.24, 2.45) is 0 Å². The summed E-state index contributed by atoms with van der Waals surface area (Å²) in [7, 11) is 3.81. The van der Waals surface area contributed by atoms with Crippen LogP contribution >= 0.6 is 0 Å². The van der Waals surface area contributed by atoms with Crippen molar-refractivity contribution in [1.29, 1.82) is 0 Å². The van der Waals surface area contributed by atoms with Crippen LogP contribution in [-0.4, -0.2) is 49.8 Å². The molecule has 0 bridgehead atoms. The summed E-state index contributed by atoms with van der Waals surface area (Å²) in [6, 6.07) is 13.6. The molecule has 2 aliphatic heterocycles. The molecule has 0 aromatic heterocycles. The lowest BCUT2D eigenvalue weighted by atomic mass is 10.0. The fourth-order valence-corrected chi connectivity index (χ4v) is 3.42. The Kier molecular flexibility index (Phi) is 4.44. The first-order valence-corrected chi connectivity index (χ1v) is 9.00. The van der Waals surface area contributed by atoms with Crippen molar-refractivity contribution < 1.29 is 14.4 Å². The van der Waals surface area contributed by atoms with Gasteiger partial charge in [0.25, 0.3) is 5.91 Å². The number of fused-ring (bicyclic) bond motifs is 2. The first kappa shape index (κ1) is 17.9. The van der Waals surface area contributed by atoms with E-state index in [1.54, 1.807) is 42.5 Å². The summed E-state index contributed by atoms with van der Waals surface area (Å²) in [6.45, 7) is 1.06. The molecule has 2 aromatic carbocycles. The van der Waals surface area contributed by atoms with Crippen molar-refractivity contribution in [3.8, 4) is 0 Å². The van der Waals surface area contributed by atoms with Crippen LogP contribution in [0.15, 0.2) is 54.2 Å². The van der Waals surface area contributed by atoms with Crippen molar-refractivity contribution in [3.05, 3.63) is 65.4 Å². The van der Waals surface area contributed by atoms with Crippen LogP contribution in [0.3, 0.4) is 0 Å². The van der Waals surface area contributed by atoms with E-state index in [1.165, 1.54) is 0 Å². The minimum Gasteiger partial charge on any atom is -0.351 e. The lowest BCUT2D eigenvalue weighted by Gasteiger charge is -2.17. The third kappa shape index (κ3) is 2.86. The van der Waals surface area contributed by atoms with Crippen molar-refractivity contribution in [2.75, 3.05) is 37.4 Å². The molecule has 2 N–H and O–H groups in total. The number of benzene rings is 2. The molecular weight excluding hydrogens is 356 g/mol. The first-order chi connectivity index (χ1) is 13.5. The van der Waals surface area contributed by atoms with E-state index in [9.17, 15) is 14.4 Å². The number of imide groups is 1. The second-order valence-electron chi connectivity index (χ2n) is 6.94. The Morgan fingerprint density at radius 3 is 2.43 bits per heavy atom. The van der Waals surface area contributed by atoms with Gasteiger partial charge in [0.15, 0.2) is 0 Å². The van der Waals surface area contributed by atoms with E-state index in [2.05, 4.69) is 10.6 Å². The summed E-state index contributed by atoms with van der Waals surface area (Å²) in [5.74, 6) is -0.754. The maximum absolute atomic E-state index is 13.2. The van der Waals surface area contributed by atoms with E-state index in [1.807, 2.05) is 25.1 Å². The summed E-state index contributed by atoms with van der Waals surface area (Å²) in [5.41, 5.74) is 2.65. The summed E-state index contributed by atoms with van der Waals surface area (Å²) in [5, 5.41) is 5.82. The molecule has 0 spiro atoms. The highest BCUT2D eigenvalue weighted by molar-refractivity contribution is 6.44. The fraction of sp³-hybridized carbons (Fsp3) is 0.190. The number of nitrogens with one attached hydrogen (secondary N) is 2. The molecule has 0 fully saturated rings. The van der Waals surface area contributed by atoms with E-state index < -0.39 is 11.9 Å². The number of amides is 3. The SMILES string of the molecule is CN(C)CCNC(=O)N1C(=O)/C(=C2\Nc3ccccc3C2=O)c2ccccc21. The number of likely N-dealkylation sites (N-methyl/N-ethyl adjacent to an activating group) is 1. The highest BCUT2D eigenvalue weighted by Crippen LogP contribution is 2.41. The van der Waals surface area contributed by atoms with Gasteiger partial charge in [0, 0.05) is 29.9 Å². The number of nitrogens with zero attached hydrogens (tertiary/aromatic N) is 2. The monoisotopic (exact) mass is 376 g/mol. The van der Waals surface area contributed by atoms with Gasteiger partial charge in [0.1, 0.15) is 5.70 Å². The predicted molar refractivity (Wildman–Crippen MR) is 107 cm³/mol. The Bertz CT molecular complexity index is 1030. The number of para-hydroxylation sites is 2. The molecule has 0 unspecified atom stereocenters. The number of Topliss-reactive ketones (excluding diaryl/α,β-unsaturated/α-hetero) is 1. The van der Waals surface area contributed by atoms with Crippen molar-refractivity contribution in [1.82, 2.24) is 10.2 Å². The van der Waals surface area contributed by atoms with Gasteiger partial charge in [-0.1, -0.05) is 30.3 Å². The Morgan fingerprint density at radius 2 is 1.71 bits per heavy atom. The molecule has 0 saturated carbocycles. The smallest absolute Gasteiger partial charge is 0.329 e. The van der Waals surface area contributed by atoms with Crippen LogP contribution in [0, 0.1) is 0 Å². The number of carbonyl (C=O) groups excluding carboxylic acids is 3. The Labute approximate surface area is 162 Å². The van der Waals surface area contributed by atoms with Gasteiger partial charge in [-0.05, 0) is 32.3 Å². The number of ketones is 1. The van der Waals surface area contributed by atoms with Gasteiger partial charge in [-0.15, -0.1) is 0 Å². The quantitative estimate of drug-likeness (QED) is 0.804. The lowest BCUT2D eigenvalue weighted by molar-refractivity contribution is -0.112. The zero-order chi connectivity index (χ0) is 19.8. The van der Waals surface area contributed by atoms with E-state index in [-0.39, 0.29) is 17.1 Å². The summed E-state index contributed by atoms with van der Waals surface area (Å²) in [4.78, 5) is 41.8. The largest absolute Gasteiger partial charge is 0.351 e. The average molecular weight is 376 g/mol. The minimum atomic E-state index is -0.507. The number of hydrogen-bond acceptors (Lipinski definition) is 5. The van der Waals surface area contributed by atoms with Crippen LogP contribution in [0.5, 0.6) is 0 Å². The van der Waals surface area contributed by atoms with Crippen molar-refractivity contribution >= 4 is 34.7 Å². The van der Waals surface area contributed by atoms with Gasteiger partial charge >= 0.3 is 6.03 Å². The van der Waals surface area contributed by atoms with Crippen molar-refractivity contribution in [2.45, 2.75) is 0 Å². The van der Waals surface area contributed by atoms with Crippen LogP contribution in [-0.2, 0) is 4.79 Å². The number of hydrogen-bond donors (Lipinski definition) is 2. The molecule has 2 heterocycles. The zero-order valence-corrected chi connectivity index (χ0v) is 15.7. The molecule has 28 heavy (non-hydrogen) atoms. The number of allylic oxidation sites excluding steroid dienone is 1. The summed E-state index contributed by atoms with van der Waals surface area (Å²) >= 11 is 0. The number of rotatable bonds is 3. The maximum atomic E-state index is 13.2. The van der Waals surface area contributed by atoms with Gasteiger partial charge in [-0.2, -0.15) is 0 Å². The summed E-state index contributed by atoms with van der Waals surface area (Å²) < 4.78 is 0. The van der Waals surface area contributed by atoms with Crippen LogP contribution in [0.2, 0.25) is 0 Å². The average Bonchev–Trinajstić information content (AvgIpc) is 3.15. The minimum absolute atomic E-state index is 0.210.